The van der Waals surface area contributed by atoms with Crippen molar-refractivity contribution in [2.24, 2.45) is 5.41 Å². The minimum atomic E-state index is 0.0400. The fraction of sp³-hybridized carbons (Fsp3) is 0.647. The molecule has 114 valence electrons. The summed E-state index contributed by atoms with van der Waals surface area (Å²) in [5, 5.41) is 12.8. The van der Waals surface area contributed by atoms with Crippen LogP contribution in [0.15, 0.2) is 24.3 Å². The number of benzene rings is 1. The van der Waals surface area contributed by atoms with Crippen molar-refractivity contribution < 1.29 is 5.11 Å². The Labute approximate surface area is 124 Å². The number of hydrogen-bond acceptors (Lipinski definition) is 3. The molecule has 1 aromatic rings. The van der Waals surface area contributed by atoms with E-state index >= 15 is 0 Å². The summed E-state index contributed by atoms with van der Waals surface area (Å²) >= 11 is 0. The molecule has 1 aromatic carbocycles. The molecular weight excluding hydrogens is 248 g/mol. The van der Waals surface area contributed by atoms with Crippen LogP contribution in [0.1, 0.15) is 45.2 Å². The Morgan fingerprint density at radius 1 is 1.20 bits per heavy atom. The summed E-state index contributed by atoms with van der Waals surface area (Å²) in [5.41, 5.74) is 2.58. The average molecular weight is 278 g/mol. The molecule has 20 heavy (non-hydrogen) atoms. The lowest BCUT2D eigenvalue weighted by Gasteiger charge is -2.22. The van der Waals surface area contributed by atoms with Crippen LogP contribution in [0.25, 0.3) is 0 Å². The van der Waals surface area contributed by atoms with Crippen LogP contribution in [0.3, 0.4) is 0 Å². The Morgan fingerprint density at radius 2 is 1.80 bits per heavy atom. The number of aliphatic hydroxyl groups is 1. The van der Waals surface area contributed by atoms with E-state index in [4.69, 9.17) is 0 Å². The second kappa shape index (κ2) is 7.65. The summed E-state index contributed by atoms with van der Waals surface area (Å²) < 4.78 is 0. The largest absolute Gasteiger partial charge is 0.396 e. The first kappa shape index (κ1) is 17.0. The molecule has 0 aliphatic heterocycles. The van der Waals surface area contributed by atoms with E-state index in [-0.39, 0.29) is 12.0 Å². The highest BCUT2D eigenvalue weighted by atomic mass is 16.3. The van der Waals surface area contributed by atoms with Gasteiger partial charge in [-0.15, -0.1) is 0 Å². The molecule has 0 aromatic heterocycles. The Morgan fingerprint density at radius 3 is 2.30 bits per heavy atom. The van der Waals surface area contributed by atoms with Crippen molar-refractivity contribution in [1.29, 1.82) is 0 Å². The summed E-state index contributed by atoms with van der Waals surface area (Å²) in [5.74, 6) is 0. The number of rotatable bonds is 8. The third-order valence-electron chi connectivity index (χ3n) is 3.82. The third-order valence-corrected chi connectivity index (χ3v) is 3.82. The van der Waals surface area contributed by atoms with Gasteiger partial charge in [-0.3, -0.25) is 0 Å². The van der Waals surface area contributed by atoms with Gasteiger partial charge in [-0.05, 0) is 49.4 Å². The van der Waals surface area contributed by atoms with Crippen LogP contribution in [0.2, 0.25) is 0 Å². The Kier molecular flexibility index (Phi) is 6.50. The molecule has 0 saturated carbocycles. The van der Waals surface area contributed by atoms with Gasteiger partial charge in [0, 0.05) is 32.4 Å². The van der Waals surface area contributed by atoms with Gasteiger partial charge in [0.2, 0.25) is 0 Å². The molecule has 0 fully saturated rings. The highest BCUT2D eigenvalue weighted by Gasteiger charge is 2.15. The van der Waals surface area contributed by atoms with Gasteiger partial charge in [-0.25, -0.2) is 0 Å². The van der Waals surface area contributed by atoms with Crippen molar-refractivity contribution in [2.45, 2.75) is 39.7 Å². The minimum absolute atomic E-state index is 0.0400. The van der Waals surface area contributed by atoms with E-state index in [0.29, 0.717) is 6.04 Å². The molecule has 3 nitrogen and oxygen atoms in total. The van der Waals surface area contributed by atoms with Gasteiger partial charge in [0.25, 0.3) is 0 Å². The maximum absolute atomic E-state index is 9.23. The van der Waals surface area contributed by atoms with E-state index in [1.54, 1.807) is 0 Å². The SMILES string of the molecule is CC(NCCCC(C)(C)CO)c1ccc(N(C)C)cc1. The van der Waals surface area contributed by atoms with Crippen molar-refractivity contribution in [3.05, 3.63) is 29.8 Å². The monoisotopic (exact) mass is 278 g/mol. The zero-order chi connectivity index (χ0) is 15.2. The first-order chi connectivity index (χ1) is 9.35. The van der Waals surface area contributed by atoms with Gasteiger partial charge in [-0.2, -0.15) is 0 Å². The molecule has 1 atom stereocenters. The summed E-state index contributed by atoms with van der Waals surface area (Å²) in [7, 11) is 4.11. The van der Waals surface area contributed by atoms with Gasteiger partial charge < -0.3 is 15.3 Å². The van der Waals surface area contributed by atoms with Crippen LogP contribution in [-0.4, -0.2) is 32.4 Å². The van der Waals surface area contributed by atoms with Crippen molar-refractivity contribution in [3.63, 3.8) is 0 Å². The maximum Gasteiger partial charge on any atom is 0.0482 e. The standard InChI is InChI=1S/C17H30N2O/c1-14(18-12-6-11-17(2,3)13-20)15-7-9-16(10-8-15)19(4)5/h7-10,14,18,20H,6,11-13H2,1-5H3. The molecule has 0 saturated heterocycles. The van der Waals surface area contributed by atoms with Crippen LogP contribution in [0, 0.1) is 5.41 Å². The molecule has 1 unspecified atom stereocenters. The molecule has 0 amide bonds. The van der Waals surface area contributed by atoms with E-state index in [0.717, 1.165) is 19.4 Å². The van der Waals surface area contributed by atoms with Gasteiger partial charge in [0.1, 0.15) is 0 Å². The van der Waals surface area contributed by atoms with E-state index in [9.17, 15) is 5.11 Å². The number of nitrogens with zero attached hydrogens (tertiary/aromatic N) is 1. The summed E-state index contributed by atoms with van der Waals surface area (Å²) in [6.45, 7) is 7.66. The highest BCUT2D eigenvalue weighted by molar-refractivity contribution is 5.46. The van der Waals surface area contributed by atoms with Gasteiger partial charge >= 0.3 is 0 Å². The molecule has 0 heterocycles. The molecule has 0 aliphatic carbocycles. The van der Waals surface area contributed by atoms with Crippen LogP contribution in [0.5, 0.6) is 0 Å². The van der Waals surface area contributed by atoms with Crippen molar-refractivity contribution >= 4 is 5.69 Å². The van der Waals surface area contributed by atoms with E-state index in [2.05, 4.69) is 69.3 Å². The second-order valence-corrected chi connectivity index (χ2v) is 6.59. The predicted molar refractivity (Wildman–Crippen MR) is 87.3 cm³/mol. The smallest absolute Gasteiger partial charge is 0.0482 e. The topological polar surface area (TPSA) is 35.5 Å². The lowest BCUT2D eigenvalue weighted by Crippen LogP contribution is -2.23. The van der Waals surface area contributed by atoms with Crippen molar-refractivity contribution in [3.8, 4) is 0 Å². The molecule has 0 spiro atoms. The molecule has 3 heteroatoms. The first-order valence-electron chi connectivity index (χ1n) is 7.47. The van der Waals surface area contributed by atoms with Gasteiger partial charge in [-0.1, -0.05) is 26.0 Å². The number of hydrogen-bond donors (Lipinski definition) is 2. The third kappa shape index (κ3) is 5.51. The zero-order valence-corrected chi connectivity index (χ0v) is 13.6. The van der Waals surface area contributed by atoms with Crippen LogP contribution >= 0.6 is 0 Å². The van der Waals surface area contributed by atoms with Gasteiger partial charge in [0.05, 0.1) is 0 Å². The predicted octanol–water partition coefficient (Wildman–Crippen LogP) is 3.20. The number of aliphatic hydroxyl groups excluding tert-OH is 1. The van der Waals surface area contributed by atoms with Crippen molar-refractivity contribution in [2.75, 3.05) is 32.1 Å². The highest BCUT2D eigenvalue weighted by Crippen LogP contribution is 2.21. The molecule has 0 aliphatic rings. The summed E-state index contributed by atoms with van der Waals surface area (Å²) in [6.07, 6.45) is 2.14. The summed E-state index contributed by atoms with van der Waals surface area (Å²) in [6, 6.07) is 9.04. The molecule has 0 radical (unpaired) electrons. The van der Waals surface area contributed by atoms with Crippen LogP contribution < -0.4 is 10.2 Å². The fourth-order valence-electron chi connectivity index (χ4n) is 2.14. The minimum Gasteiger partial charge on any atom is -0.396 e. The van der Waals surface area contributed by atoms with Gasteiger partial charge in [0.15, 0.2) is 0 Å². The number of nitrogens with one attached hydrogen (secondary N) is 1. The number of anilines is 1. The Balaban J connectivity index is 2.37. The Bertz CT molecular complexity index is 384. The van der Waals surface area contributed by atoms with E-state index < -0.39 is 0 Å². The molecule has 1 rings (SSSR count). The first-order valence-corrected chi connectivity index (χ1v) is 7.47. The van der Waals surface area contributed by atoms with E-state index in [1.807, 2.05) is 0 Å². The molecule has 0 bridgehead atoms. The molecule has 2 N–H and O–H groups in total. The van der Waals surface area contributed by atoms with Crippen molar-refractivity contribution in [1.82, 2.24) is 5.32 Å². The Hall–Kier alpha value is -1.06. The lowest BCUT2D eigenvalue weighted by molar-refractivity contribution is 0.147. The average Bonchev–Trinajstić information content (AvgIpc) is 2.43. The van der Waals surface area contributed by atoms with Crippen LogP contribution in [0.4, 0.5) is 5.69 Å². The van der Waals surface area contributed by atoms with Crippen LogP contribution in [-0.2, 0) is 0 Å². The quantitative estimate of drug-likeness (QED) is 0.717. The zero-order valence-electron chi connectivity index (χ0n) is 13.6. The fourth-order valence-corrected chi connectivity index (χ4v) is 2.14. The second-order valence-electron chi connectivity index (χ2n) is 6.59. The summed E-state index contributed by atoms with van der Waals surface area (Å²) in [4.78, 5) is 2.11. The van der Waals surface area contributed by atoms with E-state index in [1.165, 1.54) is 11.3 Å². The normalized spacial score (nSPS) is 13.3. The maximum atomic E-state index is 9.23. The lowest BCUT2D eigenvalue weighted by atomic mass is 9.89. The molecular formula is C17H30N2O.